The third-order valence-electron chi connectivity index (χ3n) is 4.75. The van der Waals surface area contributed by atoms with Crippen molar-refractivity contribution < 1.29 is 26.3 Å². The van der Waals surface area contributed by atoms with Gasteiger partial charge in [-0.2, -0.15) is 4.31 Å². The molecule has 0 unspecified atom stereocenters. The quantitative estimate of drug-likeness (QED) is 0.675. The van der Waals surface area contributed by atoms with Gasteiger partial charge in [0.15, 0.2) is 9.84 Å². The summed E-state index contributed by atoms with van der Waals surface area (Å²) in [5.74, 6) is 0.344. The normalized spacial score (nSPS) is 18.9. The van der Waals surface area contributed by atoms with Crippen LogP contribution in [-0.2, 0) is 26.4 Å². The second kappa shape index (κ2) is 8.10. The Labute approximate surface area is 165 Å². The summed E-state index contributed by atoms with van der Waals surface area (Å²) in [6.45, 7) is 0.0731. The third kappa shape index (κ3) is 4.31. The van der Waals surface area contributed by atoms with E-state index in [1.165, 1.54) is 30.7 Å². The molecule has 1 heterocycles. The van der Waals surface area contributed by atoms with Crippen molar-refractivity contribution in [2.75, 3.05) is 25.7 Å². The molecule has 3 rings (SSSR count). The number of sulfone groups is 1. The zero-order chi connectivity index (χ0) is 20.4. The Morgan fingerprint density at radius 2 is 1.79 bits per heavy atom. The van der Waals surface area contributed by atoms with Crippen molar-refractivity contribution in [3.8, 4) is 11.5 Å². The molecule has 0 bridgehead atoms. The summed E-state index contributed by atoms with van der Waals surface area (Å²) in [6, 6.07) is 13.0. The van der Waals surface area contributed by atoms with Crippen LogP contribution in [0.1, 0.15) is 12.0 Å². The van der Waals surface area contributed by atoms with Gasteiger partial charge in [-0.25, -0.2) is 16.8 Å². The van der Waals surface area contributed by atoms with Crippen LogP contribution in [0.5, 0.6) is 11.5 Å². The number of hydrogen-bond donors (Lipinski definition) is 0. The van der Waals surface area contributed by atoms with Crippen molar-refractivity contribution in [2.24, 2.45) is 0 Å². The smallest absolute Gasteiger partial charge is 0.247 e. The van der Waals surface area contributed by atoms with Gasteiger partial charge in [0.25, 0.3) is 0 Å². The fourth-order valence-electron chi connectivity index (χ4n) is 3.29. The standard InChI is InChI=1S/C19H23NO6S2/c1-25-17-8-9-18(26-2)19(12-17)28(23,24)20(13-15-6-4-3-5-7-15)16-10-11-27(21,22)14-16/h3-9,12,16H,10-11,13-14H2,1-2H3/t16-/m0/s1. The Hall–Kier alpha value is -2.10. The van der Waals surface area contributed by atoms with Gasteiger partial charge < -0.3 is 9.47 Å². The average molecular weight is 426 g/mol. The molecule has 0 N–H and O–H groups in total. The Balaban J connectivity index is 2.08. The van der Waals surface area contributed by atoms with Crippen LogP contribution in [0, 0.1) is 0 Å². The van der Waals surface area contributed by atoms with E-state index in [9.17, 15) is 16.8 Å². The van der Waals surface area contributed by atoms with Crippen LogP contribution >= 0.6 is 0 Å². The molecule has 0 radical (unpaired) electrons. The number of nitrogens with zero attached hydrogens (tertiary/aromatic N) is 1. The molecule has 2 aromatic carbocycles. The zero-order valence-electron chi connectivity index (χ0n) is 15.7. The van der Waals surface area contributed by atoms with E-state index < -0.39 is 25.9 Å². The maximum Gasteiger partial charge on any atom is 0.247 e. The van der Waals surface area contributed by atoms with Crippen LogP contribution < -0.4 is 9.47 Å². The lowest BCUT2D eigenvalue weighted by atomic mass is 10.2. The molecular weight excluding hydrogens is 402 g/mol. The zero-order valence-corrected chi connectivity index (χ0v) is 17.4. The third-order valence-corrected chi connectivity index (χ3v) is 8.42. The Kier molecular flexibility index (Phi) is 5.97. The minimum Gasteiger partial charge on any atom is -0.497 e. The lowest BCUT2D eigenvalue weighted by molar-refractivity contribution is 0.330. The van der Waals surface area contributed by atoms with Crippen molar-refractivity contribution in [3.63, 3.8) is 0 Å². The highest BCUT2D eigenvalue weighted by Crippen LogP contribution is 2.34. The summed E-state index contributed by atoms with van der Waals surface area (Å²) >= 11 is 0. The molecule has 0 aromatic heterocycles. The van der Waals surface area contributed by atoms with Crippen molar-refractivity contribution in [1.82, 2.24) is 4.31 Å². The van der Waals surface area contributed by atoms with Gasteiger partial charge in [-0.15, -0.1) is 0 Å². The first-order chi connectivity index (χ1) is 13.3. The van der Waals surface area contributed by atoms with Crippen LogP contribution in [0.4, 0.5) is 0 Å². The number of methoxy groups -OCH3 is 2. The van der Waals surface area contributed by atoms with E-state index in [0.29, 0.717) is 5.75 Å². The molecule has 0 amide bonds. The van der Waals surface area contributed by atoms with E-state index in [-0.39, 0.29) is 35.1 Å². The summed E-state index contributed by atoms with van der Waals surface area (Å²) in [5.41, 5.74) is 0.775. The van der Waals surface area contributed by atoms with E-state index in [1.54, 1.807) is 6.07 Å². The van der Waals surface area contributed by atoms with Crippen LogP contribution in [0.2, 0.25) is 0 Å². The summed E-state index contributed by atoms with van der Waals surface area (Å²) in [6.07, 6.45) is 0.265. The number of sulfonamides is 1. The lowest BCUT2D eigenvalue weighted by Crippen LogP contribution is -2.40. The van der Waals surface area contributed by atoms with Crippen molar-refractivity contribution >= 4 is 19.9 Å². The number of hydrogen-bond acceptors (Lipinski definition) is 6. The molecule has 0 spiro atoms. The first-order valence-corrected chi connectivity index (χ1v) is 12.0. The van der Waals surface area contributed by atoms with Crippen LogP contribution in [-0.4, -0.2) is 52.9 Å². The molecule has 0 saturated carbocycles. The fourth-order valence-corrected chi connectivity index (χ4v) is 6.93. The SMILES string of the molecule is COc1ccc(OC)c(S(=O)(=O)N(Cc2ccccc2)[C@H]2CCS(=O)(=O)C2)c1. The van der Waals surface area contributed by atoms with E-state index >= 15 is 0 Å². The molecule has 1 fully saturated rings. The van der Waals surface area contributed by atoms with Gasteiger partial charge in [-0.3, -0.25) is 0 Å². The summed E-state index contributed by atoms with van der Waals surface area (Å²) in [7, 11) is -4.47. The Morgan fingerprint density at radius 1 is 1.07 bits per heavy atom. The molecule has 1 aliphatic heterocycles. The van der Waals surface area contributed by atoms with Gasteiger partial charge >= 0.3 is 0 Å². The van der Waals surface area contributed by atoms with Gasteiger partial charge in [0.05, 0.1) is 25.7 Å². The molecular formula is C19H23NO6S2. The molecule has 7 nitrogen and oxygen atoms in total. The molecule has 1 atom stereocenters. The minimum absolute atomic E-state index is 0.0201. The van der Waals surface area contributed by atoms with Crippen LogP contribution in [0.25, 0.3) is 0 Å². The maximum absolute atomic E-state index is 13.6. The fraction of sp³-hybridized carbons (Fsp3) is 0.368. The van der Waals surface area contributed by atoms with E-state index in [4.69, 9.17) is 9.47 Å². The van der Waals surface area contributed by atoms with Crippen molar-refractivity contribution in [1.29, 1.82) is 0 Å². The van der Waals surface area contributed by atoms with Crippen molar-refractivity contribution in [2.45, 2.75) is 23.9 Å². The van der Waals surface area contributed by atoms with Crippen LogP contribution in [0.3, 0.4) is 0 Å². The number of benzene rings is 2. The van der Waals surface area contributed by atoms with Gasteiger partial charge in [-0.1, -0.05) is 30.3 Å². The second-order valence-electron chi connectivity index (χ2n) is 6.61. The second-order valence-corrected chi connectivity index (χ2v) is 10.7. The van der Waals surface area contributed by atoms with Gasteiger partial charge in [-0.05, 0) is 24.1 Å². The highest BCUT2D eigenvalue weighted by atomic mass is 32.2. The molecule has 1 saturated heterocycles. The minimum atomic E-state index is -4.04. The molecule has 9 heteroatoms. The van der Waals surface area contributed by atoms with E-state index in [1.807, 2.05) is 30.3 Å². The van der Waals surface area contributed by atoms with Gasteiger partial charge in [0, 0.05) is 18.7 Å². The van der Waals surface area contributed by atoms with Gasteiger partial charge in [0.1, 0.15) is 16.4 Å². The van der Waals surface area contributed by atoms with E-state index in [2.05, 4.69) is 0 Å². The number of ether oxygens (including phenoxy) is 2. The Bertz CT molecular complexity index is 1040. The summed E-state index contributed by atoms with van der Waals surface area (Å²) in [4.78, 5) is -0.0467. The van der Waals surface area contributed by atoms with Crippen LogP contribution in [0.15, 0.2) is 53.4 Å². The summed E-state index contributed by atoms with van der Waals surface area (Å²) in [5, 5.41) is 0. The topological polar surface area (TPSA) is 90.0 Å². The average Bonchev–Trinajstić information content (AvgIpc) is 3.05. The molecule has 28 heavy (non-hydrogen) atoms. The van der Waals surface area contributed by atoms with E-state index in [0.717, 1.165) is 5.56 Å². The predicted molar refractivity (Wildman–Crippen MR) is 106 cm³/mol. The number of rotatable bonds is 7. The lowest BCUT2D eigenvalue weighted by Gasteiger charge is -2.28. The highest BCUT2D eigenvalue weighted by Gasteiger charge is 2.40. The Morgan fingerprint density at radius 3 is 2.36 bits per heavy atom. The molecule has 1 aliphatic rings. The first-order valence-electron chi connectivity index (χ1n) is 8.75. The summed E-state index contributed by atoms with van der Waals surface area (Å²) < 4.78 is 62.9. The molecule has 0 aliphatic carbocycles. The van der Waals surface area contributed by atoms with Gasteiger partial charge in [0.2, 0.25) is 10.0 Å². The first kappa shape index (κ1) is 20.6. The molecule has 2 aromatic rings. The maximum atomic E-state index is 13.6. The highest BCUT2D eigenvalue weighted by molar-refractivity contribution is 7.92. The van der Waals surface area contributed by atoms with Crippen molar-refractivity contribution in [3.05, 3.63) is 54.1 Å². The monoisotopic (exact) mass is 425 g/mol. The molecule has 152 valence electrons. The largest absolute Gasteiger partial charge is 0.497 e. The predicted octanol–water partition coefficient (Wildman–Crippen LogP) is 2.08.